The number of nitrogens with two attached hydrogens (primary N) is 1. The van der Waals surface area contributed by atoms with Crippen molar-refractivity contribution in [3.63, 3.8) is 0 Å². The first kappa shape index (κ1) is 18.4. The minimum Gasteiger partial charge on any atom is -0.466 e. The Labute approximate surface area is 171 Å². The third-order valence-electron chi connectivity index (χ3n) is 4.32. The van der Waals surface area contributed by atoms with Crippen molar-refractivity contribution in [2.24, 2.45) is 5.73 Å². The molecule has 4 heterocycles. The molecule has 140 valence electrons. The van der Waals surface area contributed by atoms with E-state index in [1.807, 2.05) is 35.0 Å². The number of carbonyl (C=O) groups is 1. The Morgan fingerprint density at radius 1 is 1.32 bits per heavy atom. The summed E-state index contributed by atoms with van der Waals surface area (Å²) in [6.07, 6.45) is 1.76. The SMILES string of the molecule is COC(=O)C1=c2sc(=Cc3cccs3)c(=O)n2C(N)=C(C#N)C1c1cccs1. The van der Waals surface area contributed by atoms with Crippen molar-refractivity contribution in [1.29, 1.82) is 5.26 Å². The molecule has 0 bridgehead atoms. The number of allylic oxidation sites excluding steroid dienone is 1. The average molecular weight is 428 g/mol. The van der Waals surface area contributed by atoms with Gasteiger partial charge in [-0.05, 0) is 29.0 Å². The molecule has 0 aliphatic carbocycles. The van der Waals surface area contributed by atoms with Crippen LogP contribution in [0.4, 0.5) is 0 Å². The number of thiazole rings is 1. The Hall–Kier alpha value is -2.93. The average Bonchev–Trinajstić information content (AvgIpc) is 3.44. The molecule has 1 aliphatic heterocycles. The van der Waals surface area contributed by atoms with E-state index >= 15 is 0 Å². The van der Waals surface area contributed by atoms with Crippen LogP contribution in [0.2, 0.25) is 0 Å². The summed E-state index contributed by atoms with van der Waals surface area (Å²) in [5.41, 5.74) is 6.30. The maximum atomic E-state index is 13.0. The van der Waals surface area contributed by atoms with Crippen LogP contribution in [0.1, 0.15) is 15.7 Å². The summed E-state index contributed by atoms with van der Waals surface area (Å²) in [5, 5.41) is 13.5. The number of rotatable bonds is 3. The second-order valence-electron chi connectivity index (χ2n) is 5.84. The minimum atomic E-state index is -0.662. The summed E-state index contributed by atoms with van der Waals surface area (Å²) in [6, 6.07) is 9.56. The van der Waals surface area contributed by atoms with Gasteiger partial charge in [-0.25, -0.2) is 4.79 Å². The number of esters is 1. The van der Waals surface area contributed by atoms with Crippen molar-refractivity contribution in [1.82, 2.24) is 4.57 Å². The van der Waals surface area contributed by atoms with Crippen LogP contribution < -0.4 is 20.5 Å². The van der Waals surface area contributed by atoms with Gasteiger partial charge in [-0.15, -0.1) is 34.0 Å². The molecule has 2 N–H and O–H groups in total. The fraction of sp³-hybridized carbons (Fsp3) is 0.105. The highest BCUT2D eigenvalue weighted by Crippen LogP contribution is 2.38. The summed E-state index contributed by atoms with van der Waals surface area (Å²) in [5.74, 6) is -1.20. The van der Waals surface area contributed by atoms with Crippen LogP contribution in [0.25, 0.3) is 17.5 Å². The highest BCUT2D eigenvalue weighted by atomic mass is 32.1. The van der Waals surface area contributed by atoms with Crippen molar-refractivity contribution in [2.75, 3.05) is 7.11 Å². The number of nitrogens with zero attached hydrogens (tertiary/aromatic N) is 2. The number of carbonyl (C=O) groups excluding carboxylic acids is 1. The van der Waals surface area contributed by atoms with Crippen LogP contribution in [0.3, 0.4) is 0 Å². The molecule has 3 aromatic heterocycles. The maximum Gasteiger partial charge on any atom is 0.337 e. The van der Waals surface area contributed by atoms with E-state index in [0.29, 0.717) is 9.20 Å². The van der Waals surface area contributed by atoms with Gasteiger partial charge in [-0.1, -0.05) is 12.1 Å². The van der Waals surface area contributed by atoms with Gasteiger partial charge in [0.15, 0.2) is 0 Å². The van der Waals surface area contributed by atoms with Crippen LogP contribution in [0.15, 0.2) is 45.4 Å². The van der Waals surface area contributed by atoms with Gasteiger partial charge in [0.1, 0.15) is 10.5 Å². The van der Waals surface area contributed by atoms with Crippen molar-refractivity contribution >= 4 is 57.4 Å². The Bertz CT molecular complexity index is 1300. The Balaban J connectivity index is 2.13. The Kier molecular flexibility index (Phi) is 4.77. The van der Waals surface area contributed by atoms with Gasteiger partial charge in [0.05, 0.1) is 34.8 Å². The molecule has 28 heavy (non-hydrogen) atoms. The van der Waals surface area contributed by atoms with E-state index in [9.17, 15) is 14.9 Å². The summed E-state index contributed by atoms with van der Waals surface area (Å²) >= 11 is 4.09. The van der Waals surface area contributed by atoms with E-state index in [2.05, 4.69) is 6.07 Å². The standard InChI is InChI=1S/C19H13N3O3S3/c1-25-19(24)15-14(12-5-3-7-27-12)11(9-20)16(21)22-17(23)13(28-18(15)22)8-10-4-2-6-26-10/h2-8,14H,21H2,1H3. The van der Waals surface area contributed by atoms with Crippen molar-refractivity contribution in [3.05, 3.63) is 69.9 Å². The monoisotopic (exact) mass is 427 g/mol. The minimum absolute atomic E-state index is 0.0515. The quantitative estimate of drug-likeness (QED) is 0.641. The van der Waals surface area contributed by atoms with E-state index in [1.165, 1.54) is 45.7 Å². The third kappa shape index (κ3) is 2.82. The Morgan fingerprint density at radius 2 is 2.07 bits per heavy atom. The van der Waals surface area contributed by atoms with Gasteiger partial charge >= 0.3 is 5.97 Å². The van der Waals surface area contributed by atoms with Crippen molar-refractivity contribution in [3.8, 4) is 6.07 Å². The topological polar surface area (TPSA) is 98.1 Å². The lowest BCUT2D eigenvalue weighted by atomic mass is 9.88. The number of methoxy groups -OCH3 is 1. The number of nitriles is 1. The summed E-state index contributed by atoms with van der Waals surface area (Å²) in [6.45, 7) is 0. The number of hydrogen-bond acceptors (Lipinski definition) is 8. The van der Waals surface area contributed by atoms with Crippen LogP contribution in [0, 0.1) is 11.3 Å². The first-order chi connectivity index (χ1) is 13.6. The van der Waals surface area contributed by atoms with E-state index < -0.39 is 11.9 Å². The van der Waals surface area contributed by atoms with Crippen LogP contribution in [-0.2, 0) is 9.53 Å². The zero-order valence-corrected chi connectivity index (χ0v) is 17.0. The fourth-order valence-electron chi connectivity index (χ4n) is 3.10. The second kappa shape index (κ2) is 7.24. The molecule has 0 radical (unpaired) electrons. The number of fused-ring (bicyclic) bond motifs is 1. The molecule has 6 nitrogen and oxygen atoms in total. The van der Waals surface area contributed by atoms with E-state index in [4.69, 9.17) is 10.5 Å². The molecule has 9 heteroatoms. The van der Waals surface area contributed by atoms with E-state index in [0.717, 1.165) is 9.75 Å². The van der Waals surface area contributed by atoms with Gasteiger partial charge in [0.2, 0.25) is 0 Å². The molecule has 0 saturated carbocycles. The van der Waals surface area contributed by atoms with Crippen LogP contribution >= 0.6 is 34.0 Å². The number of aromatic nitrogens is 1. The molecule has 1 atom stereocenters. The second-order valence-corrected chi connectivity index (χ2v) is 8.83. The Morgan fingerprint density at radius 3 is 2.68 bits per heavy atom. The summed E-state index contributed by atoms with van der Waals surface area (Å²) in [4.78, 5) is 27.4. The highest BCUT2D eigenvalue weighted by molar-refractivity contribution is 7.11. The molecule has 0 amide bonds. The number of hydrogen-bond donors (Lipinski definition) is 1. The lowest BCUT2D eigenvalue weighted by molar-refractivity contribution is -0.134. The highest BCUT2D eigenvalue weighted by Gasteiger charge is 2.36. The van der Waals surface area contributed by atoms with Crippen LogP contribution in [-0.4, -0.2) is 17.6 Å². The molecule has 0 saturated heterocycles. The first-order valence-electron chi connectivity index (χ1n) is 8.10. The molecule has 4 rings (SSSR count). The molecule has 0 spiro atoms. The predicted octanol–water partition coefficient (Wildman–Crippen LogP) is 1.63. The zero-order valence-electron chi connectivity index (χ0n) is 14.5. The molecular weight excluding hydrogens is 414 g/mol. The van der Waals surface area contributed by atoms with Crippen molar-refractivity contribution < 1.29 is 9.53 Å². The van der Waals surface area contributed by atoms with Gasteiger partial charge in [-0.2, -0.15) is 5.26 Å². The molecular formula is C19H13N3O3S3. The van der Waals surface area contributed by atoms with Crippen LogP contribution in [0.5, 0.6) is 0 Å². The smallest absolute Gasteiger partial charge is 0.337 e. The lowest BCUT2D eigenvalue weighted by Gasteiger charge is -2.23. The summed E-state index contributed by atoms with van der Waals surface area (Å²) in [7, 11) is 1.28. The fourth-order valence-corrected chi connectivity index (χ4v) is 5.83. The number of ether oxygens (including phenoxy) is 1. The van der Waals surface area contributed by atoms with Gasteiger partial charge in [0.25, 0.3) is 5.56 Å². The normalized spacial score (nSPS) is 16.8. The van der Waals surface area contributed by atoms with Gasteiger partial charge in [0, 0.05) is 9.75 Å². The lowest BCUT2D eigenvalue weighted by Crippen LogP contribution is -2.39. The first-order valence-corrected chi connectivity index (χ1v) is 10.7. The van der Waals surface area contributed by atoms with Gasteiger partial charge < -0.3 is 10.5 Å². The molecule has 3 aromatic rings. The zero-order chi connectivity index (χ0) is 19.8. The predicted molar refractivity (Wildman–Crippen MR) is 111 cm³/mol. The third-order valence-corrected chi connectivity index (χ3v) is 7.18. The molecule has 0 aromatic carbocycles. The largest absolute Gasteiger partial charge is 0.466 e. The van der Waals surface area contributed by atoms with E-state index in [-0.39, 0.29) is 22.5 Å². The van der Waals surface area contributed by atoms with Crippen molar-refractivity contribution in [2.45, 2.75) is 5.92 Å². The summed E-state index contributed by atoms with van der Waals surface area (Å²) < 4.78 is 7.08. The maximum absolute atomic E-state index is 13.0. The number of thiophene rings is 2. The van der Waals surface area contributed by atoms with Gasteiger partial charge in [-0.3, -0.25) is 9.36 Å². The molecule has 1 aliphatic rings. The molecule has 0 fully saturated rings. The molecule has 1 unspecified atom stereocenters. The van der Waals surface area contributed by atoms with E-state index in [1.54, 1.807) is 6.08 Å².